The number of aromatic nitrogens is 1. The van der Waals surface area contributed by atoms with E-state index in [2.05, 4.69) is 93.6 Å². The van der Waals surface area contributed by atoms with Gasteiger partial charge in [0, 0.05) is 16.4 Å². The molecule has 126 valence electrons. The van der Waals surface area contributed by atoms with Crippen molar-refractivity contribution in [3.8, 4) is 22.4 Å². The van der Waals surface area contributed by atoms with Crippen LogP contribution < -0.4 is 0 Å². The van der Waals surface area contributed by atoms with Gasteiger partial charge in [-0.15, -0.1) is 0 Å². The van der Waals surface area contributed by atoms with Crippen molar-refractivity contribution in [3.05, 3.63) is 89.5 Å². The van der Waals surface area contributed by atoms with E-state index < -0.39 is 0 Å². The molecule has 0 fully saturated rings. The predicted molar refractivity (Wildman–Crippen MR) is 109 cm³/mol. The number of aryl methyl sites for hydroxylation is 1. The molecule has 1 nitrogen and oxygen atoms in total. The Morgan fingerprint density at radius 3 is 2.42 bits per heavy atom. The molecule has 1 aliphatic carbocycles. The van der Waals surface area contributed by atoms with Gasteiger partial charge in [0.2, 0.25) is 0 Å². The Bertz CT molecular complexity index is 1170. The Kier molecular flexibility index (Phi) is 3.12. The first-order chi connectivity index (χ1) is 12.5. The number of pyridine rings is 1. The second kappa shape index (κ2) is 5.28. The molecule has 0 saturated heterocycles. The zero-order valence-electron chi connectivity index (χ0n) is 15.4. The molecule has 0 atom stereocenters. The molecule has 1 aliphatic rings. The van der Waals surface area contributed by atoms with Crippen LogP contribution >= 0.6 is 0 Å². The van der Waals surface area contributed by atoms with Crippen LogP contribution in [-0.2, 0) is 5.41 Å². The van der Waals surface area contributed by atoms with Gasteiger partial charge in [0.05, 0.1) is 11.2 Å². The van der Waals surface area contributed by atoms with E-state index in [4.69, 9.17) is 4.98 Å². The highest BCUT2D eigenvalue weighted by molar-refractivity contribution is 5.92. The van der Waals surface area contributed by atoms with E-state index in [0.717, 1.165) is 11.2 Å². The largest absolute Gasteiger partial charge is 0.248 e. The predicted octanol–water partition coefficient (Wildman–Crippen LogP) is 6.52. The van der Waals surface area contributed by atoms with Gasteiger partial charge < -0.3 is 0 Å². The fourth-order valence-electron chi connectivity index (χ4n) is 4.28. The van der Waals surface area contributed by atoms with Crippen molar-refractivity contribution in [2.24, 2.45) is 0 Å². The van der Waals surface area contributed by atoms with E-state index in [9.17, 15) is 0 Å². The van der Waals surface area contributed by atoms with Crippen LogP contribution in [-0.4, -0.2) is 4.98 Å². The van der Waals surface area contributed by atoms with Gasteiger partial charge in [0.25, 0.3) is 0 Å². The average molecular weight is 335 g/mol. The lowest BCUT2D eigenvalue weighted by Crippen LogP contribution is -2.14. The first kappa shape index (κ1) is 15.3. The zero-order valence-corrected chi connectivity index (χ0v) is 15.4. The molecule has 1 heterocycles. The van der Waals surface area contributed by atoms with Gasteiger partial charge in [0.1, 0.15) is 0 Å². The van der Waals surface area contributed by atoms with E-state index in [-0.39, 0.29) is 5.41 Å². The molecule has 5 rings (SSSR count). The first-order valence-corrected chi connectivity index (χ1v) is 9.16. The first-order valence-electron chi connectivity index (χ1n) is 9.16. The van der Waals surface area contributed by atoms with E-state index in [1.807, 2.05) is 0 Å². The summed E-state index contributed by atoms with van der Waals surface area (Å²) in [5.41, 5.74) is 10.0. The van der Waals surface area contributed by atoms with Crippen LogP contribution in [0.1, 0.15) is 30.5 Å². The van der Waals surface area contributed by atoms with Crippen molar-refractivity contribution < 1.29 is 0 Å². The SMILES string of the molecule is Cc1cccc(-c2ccc3cc4c(cc3n2)C(C)(C)c2ccccc2-4)c1. The lowest BCUT2D eigenvalue weighted by Gasteiger charge is -2.21. The highest BCUT2D eigenvalue weighted by atomic mass is 14.7. The lowest BCUT2D eigenvalue weighted by atomic mass is 9.82. The van der Waals surface area contributed by atoms with Crippen LogP contribution in [0, 0.1) is 6.92 Å². The molecule has 0 N–H and O–H groups in total. The molecule has 26 heavy (non-hydrogen) atoms. The van der Waals surface area contributed by atoms with E-state index in [1.165, 1.54) is 38.8 Å². The molecule has 0 radical (unpaired) electrons. The maximum Gasteiger partial charge on any atom is 0.0713 e. The van der Waals surface area contributed by atoms with Crippen molar-refractivity contribution in [3.63, 3.8) is 0 Å². The molecule has 3 aromatic carbocycles. The Morgan fingerprint density at radius 2 is 1.58 bits per heavy atom. The van der Waals surface area contributed by atoms with Crippen molar-refractivity contribution >= 4 is 10.9 Å². The summed E-state index contributed by atoms with van der Waals surface area (Å²) < 4.78 is 0. The van der Waals surface area contributed by atoms with Crippen LogP contribution in [0.5, 0.6) is 0 Å². The van der Waals surface area contributed by atoms with Gasteiger partial charge in [-0.3, -0.25) is 0 Å². The molecular weight excluding hydrogens is 314 g/mol. The summed E-state index contributed by atoms with van der Waals surface area (Å²) in [5, 5.41) is 1.20. The normalized spacial score (nSPS) is 14.3. The van der Waals surface area contributed by atoms with Gasteiger partial charge in [-0.2, -0.15) is 0 Å². The van der Waals surface area contributed by atoms with Crippen LogP contribution in [0.15, 0.2) is 72.8 Å². The van der Waals surface area contributed by atoms with E-state index in [1.54, 1.807) is 0 Å². The fraction of sp³-hybridized carbons (Fsp3) is 0.160. The number of hydrogen-bond donors (Lipinski definition) is 0. The molecule has 0 aliphatic heterocycles. The molecular formula is C25H21N. The third kappa shape index (κ3) is 2.13. The highest BCUT2D eigenvalue weighted by Gasteiger charge is 2.35. The molecule has 1 heteroatoms. The molecule has 0 saturated carbocycles. The minimum absolute atomic E-state index is 0.0150. The summed E-state index contributed by atoms with van der Waals surface area (Å²) in [7, 11) is 0. The molecule has 4 aromatic rings. The highest BCUT2D eigenvalue weighted by Crippen LogP contribution is 2.49. The van der Waals surface area contributed by atoms with Gasteiger partial charge in [-0.25, -0.2) is 4.98 Å². The van der Waals surface area contributed by atoms with Gasteiger partial charge in [0.15, 0.2) is 0 Å². The maximum atomic E-state index is 4.99. The monoisotopic (exact) mass is 335 g/mol. The average Bonchev–Trinajstić information content (AvgIpc) is 2.87. The van der Waals surface area contributed by atoms with Gasteiger partial charge in [-0.05, 0) is 53.4 Å². The Hall–Kier alpha value is -2.93. The molecule has 0 unspecified atom stereocenters. The number of nitrogens with zero attached hydrogens (tertiary/aromatic N) is 1. The Labute approximate surface area is 154 Å². The minimum Gasteiger partial charge on any atom is -0.248 e. The van der Waals surface area contributed by atoms with Crippen LogP contribution in [0.4, 0.5) is 0 Å². The maximum absolute atomic E-state index is 4.99. The number of benzene rings is 3. The smallest absolute Gasteiger partial charge is 0.0713 e. The second-order valence-electron chi connectivity index (χ2n) is 7.83. The van der Waals surface area contributed by atoms with Crippen molar-refractivity contribution in [2.75, 3.05) is 0 Å². The second-order valence-corrected chi connectivity index (χ2v) is 7.83. The summed E-state index contributed by atoms with van der Waals surface area (Å²) >= 11 is 0. The van der Waals surface area contributed by atoms with E-state index in [0.29, 0.717) is 0 Å². The number of hydrogen-bond acceptors (Lipinski definition) is 1. The summed E-state index contributed by atoms with van der Waals surface area (Å²) in [6.07, 6.45) is 0. The van der Waals surface area contributed by atoms with Crippen LogP contribution in [0.25, 0.3) is 33.3 Å². The van der Waals surface area contributed by atoms with Crippen LogP contribution in [0.2, 0.25) is 0 Å². The molecule has 0 spiro atoms. The van der Waals surface area contributed by atoms with Crippen molar-refractivity contribution in [1.82, 2.24) is 4.98 Å². The number of rotatable bonds is 1. The van der Waals surface area contributed by atoms with Crippen molar-refractivity contribution in [1.29, 1.82) is 0 Å². The lowest BCUT2D eigenvalue weighted by molar-refractivity contribution is 0.661. The quantitative estimate of drug-likeness (QED) is 0.386. The number of fused-ring (bicyclic) bond motifs is 4. The summed E-state index contributed by atoms with van der Waals surface area (Å²) in [6.45, 7) is 6.75. The third-order valence-electron chi connectivity index (χ3n) is 5.71. The topological polar surface area (TPSA) is 12.9 Å². The standard InChI is InChI=1S/C25H21N/c1-16-7-6-8-17(13-16)23-12-11-18-14-20-19-9-4-5-10-21(19)25(2,3)22(20)15-24(18)26-23/h4-15H,1-3H3. The minimum atomic E-state index is 0.0150. The van der Waals surface area contributed by atoms with E-state index >= 15 is 0 Å². The zero-order chi connectivity index (χ0) is 17.9. The summed E-state index contributed by atoms with van der Waals surface area (Å²) in [6, 6.07) is 26.3. The Morgan fingerprint density at radius 1 is 0.731 bits per heavy atom. The summed E-state index contributed by atoms with van der Waals surface area (Å²) in [5.74, 6) is 0. The molecule has 0 bridgehead atoms. The molecule has 0 amide bonds. The van der Waals surface area contributed by atoms with Gasteiger partial charge in [-0.1, -0.05) is 67.9 Å². The van der Waals surface area contributed by atoms with Gasteiger partial charge >= 0.3 is 0 Å². The van der Waals surface area contributed by atoms with Crippen LogP contribution in [0.3, 0.4) is 0 Å². The third-order valence-corrected chi connectivity index (χ3v) is 5.71. The van der Waals surface area contributed by atoms with Crippen molar-refractivity contribution in [2.45, 2.75) is 26.2 Å². The fourth-order valence-corrected chi connectivity index (χ4v) is 4.28. The molecule has 1 aromatic heterocycles. The summed E-state index contributed by atoms with van der Waals surface area (Å²) in [4.78, 5) is 4.99. The Balaban J connectivity index is 1.74.